The molecule has 1 rings (SSSR count). The number of alkyl halides is 4. The molecule has 19 heavy (non-hydrogen) atoms. The fraction of sp³-hybridized carbons (Fsp3) is 0.308. The number of rotatable bonds is 7. The summed E-state index contributed by atoms with van der Waals surface area (Å²) in [5, 5.41) is 0. The highest BCUT2D eigenvalue weighted by Gasteiger charge is 2.44. The minimum atomic E-state index is -4.63. The zero-order valence-corrected chi connectivity index (χ0v) is 9.91. The lowest BCUT2D eigenvalue weighted by molar-refractivity contribution is -0.253. The summed E-state index contributed by atoms with van der Waals surface area (Å²) in [6.45, 7) is 3.43. The average molecular weight is 276 g/mol. The molecule has 104 valence electrons. The predicted molar refractivity (Wildman–Crippen MR) is 61.8 cm³/mol. The predicted octanol–water partition coefficient (Wildman–Crippen LogP) is 4.07. The van der Waals surface area contributed by atoms with E-state index in [1.807, 2.05) is 0 Å². The van der Waals surface area contributed by atoms with Crippen LogP contribution in [0.3, 0.4) is 0 Å². The number of benzene rings is 1. The Bertz CT molecular complexity index is 458. The summed E-state index contributed by atoms with van der Waals surface area (Å²) in [6, 6.07) is 5.06. The SMILES string of the molecule is C=CCCC(=O)c1ccccc1OC(F)(F)C(F)F. The fourth-order valence-electron chi connectivity index (χ4n) is 1.34. The maximum absolute atomic E-state index is 12.8. The maximum Gasteiger partial charge on any atom is 0.461 e. The Labute approximate surface area is 107 Å². The van der Waals surface area contributed by atoms with Gasteiger partial charge in [-0.2, -0.15) is 17.6 Å². The van der Waals surface area contributed by atoms with Gasteiger partial charge in [-0.3, -0.25) is 4.79 Å². The molecule has 2 nitrogen and oxygen atoms in total. The van der Waals surface area contributed by atoms with E-state index in [1.165, 1.54) is 24.3 Å². The lowest BCUT2D eigenvalue weighted by Crippen LogP contribution is -2.34. The largest absolute Gasteiger partial charge is 0.461 e. The van der Waals surface area contributed by atoms with Gasteiger partial charge in [-0.05, 0) is 18.6 Å². The van der Waals surface area contributed by atoms with Crippen molar-refractivity contribution in [2.75, 3.05) is 0 Å². The molecule has 0 amide bonds. The number of carbonyl (C=O) groups excluding carboxylic acids is 1. The van der Waals surface area contributed by atoms with Crippen molar-refractivity contribution < 1.29 is 27.1 Å². The normalized spacial score (nSPS) is 11.4. The second kappa shape index (κ2) is 6.36. The van der Waals surface area contributed by atoms with Gasteiger partial charge in [0.15, 0.2) is 5.78 Å². The molecule has 0 aliphatic heterocycles. The summed E-state index contributed by atoms with van der Waals surface area (Å²) in [4.78, 5) is 11.7. The number of halogens is 4. The Morgan fingerprint density at radius 1 is 1.37 bits per heavy atom. The van der Waals surface area contributed by atoms with E-state index in [9.17, 15) is 22.4 Å². The molecule has 0 aromatic heterocycles. The van der Waals surface area contributed by atoms with Crippen molar-refractivity contribution in [1.29, 1.82) is 0 Å². The number of ketones is 1. The highest BCUT2D eigenvalue weighted by Crippen LogP contribution is 2.30. The van der Waals surface area contributed by atoms with Crippen molar-refractivity contribution >= 4 is 5.78 Å². The van der Waals surface area contributed by atoms with Gasteiger partial charge in [-0.15, -0.1) is 6.58 Å². The number of ether oxygens (including phenoxy) is 1. The lowest BCUT2D eigenvalue weighted by Gasteiger charge is -2.18. The third-order valence-corrected chi connectivity index (χ3v) is 2.26. The van der Waals surface area contributed by atoms with Gasteiger partial charge in [-0.1, -0.05) is 18.2 Å². The van der Waals surface area contributed by atoms with Crippen LogP contribution in [0.5, 0.6) is 5.75 Å². The van der Waals surface area contributed by atoms with Crippen LogP contribution in [0.25, 0.3) is 0 Å². The molecule has 1 aromatic carbocycles. The monoisotopic (exact) mass is 276 g/mol. The maximum atomic E-state index is 12.8. The Balaban J connectivity index is 2.96. The van der Waals surface area contributed by atoms with E-state index in [4.69, 9.17) is 0 Å². The van der Waals surface area contributed by atoms with Crippen LogP contribution in [0.2, 0.25) is 0 Å². The minimum Gasteiger partial charge on any atom is -0.428 e. The van der Waals surface area contributed by atoms with Crippen molar-refractivity contribution in [3.63, 3.8) is 0 Å². The van der Waals surface area contributed by atoms with Gasteiger partial charge < -0.3 is 4.74 Å². The molecule has 0 unspecified atom stereocenters. The second-order valence-corrected chi connectivity index (χ2v) is 3.71. The molecular formula is C13H12F4O2. The first-order chi connectivity index (χ1) is 8.88. The number of hydrogen-bond acceptors (Lipinski definition) is 2. The van der Waals surface area contributed by atoms with Crippen molar-refractivity contribution in [2.45, 2.75) is 25.4 Å². The minimum absolute atomic E-state index is 0.0458. The van der Waals surface area contributed by atoms with Gasteiger partial charge in [0.2, 0.25) is 0 Å². The summed E-state index contributed by atoms with van der Waals surface area (Å²) in [5.74, 6) is -1.03. The summed E-state index contributed by atoms with van der Waals surface area (Å²) < 4.78 is 53.7. The van der Waals surface area contributed by atoms with Crippen molar-refractivity contribution in [1.82, 2.24) is 0 Å². The third-order valence-electron chi connectivity index (χ3n) is 2.26. The molecule has 0 aliphatic carbocycles. The van der Waals surface area contributed by atoms with Crippen molar-refractivity contribution in [2.24, 2.45) is 0 Å². The number of Topliss-reactive ketones (excluding diaryl/α,β-unsaturated/α-hetero) is 1. The molecule has 0 bridgehead atoms. The number of allylic oxidation sites excluding steroid dienone is 1. The quantitative estimate of drug-likeness (QED) is 0.426. The second-order valence-electron chi connectivity index (χ2n) is 3.71. The zero-order valence-electron chi connectivity index (χ0n) is 9.91. The van der Waals surface area contributed by atoms with E-state index in [2.05, 4.69) is 11.3 Å². The molecule has 0 radical (unpaired) electrons. The smallest absolute Gasteiger partial charge is 0.428 e. The average Bonchev–Trinajstić information content (AvgIpc) is 2.36. The molecule has 6 heteroatoms. The Morgan fingerprint density at radius 2 is 2.00 bits per heavy atom. The molecule has 0 aliphatic rings. The van der Waals surface area contributed by atoms with Crippen LogP contribution in [0, 0.1) is 0 Å². The van der Waals surface area contributed by atoms with Crippen LogP contribution in [-0.2, 0) is 0 Å². The van der Waals surface area contributed by atoms with Gasteiger partial charge in [0.1, 0.15) is 5.75 Å². The van der Waals surface area contributed by atoms with E-state index < -0.39 is 24.1 Å². The summed E-state index contributed by atoms with van der Waals surface area (Å²) in [7, 11) is 0. The van der Waals surface area contributed by atoms with E-state index in [0.717, 1.165) is 6.07 Å². The highest BCUT2D eigenvalue weighted by atomic mass is 19.3. The van der Waals surface area contributed by atoms with Crippen LogP contribution < -0.4 is 4.74 Å². The lowest BCUT2D eigenvalue weighted by atomic mass is 10.1. The Morgan fingerprint density at radius 3 is 2.58 bits per heavy atom. The van der Waals surface area contributed by atoms with Crippen LogP contribution >= 0.6 is 0 Å². The number of hydrogen-bond donors (Lipinski definition) is 0. The van der Waals surface area contributed by atoms with Gasteiger partial charge in [0.25, 0.3) is 0 Å². The Hall–Kier alpha value is -1.85. The molecule has 0 spiro atoms. The Kier molecular flexibility index (Phi) is 5.09. The molecular weight excluding hydrogens is 264 g/mol. The summed E-state index contributed by atoms with van der Waals surface area (Å²) in [6.07, 6.45) is -6.70. The van der Waals surface area contributed by atoms with E-state index >= 15 is 0 Å². The fourth-order valence-corrected chi connectivity index (χ4v) is 1.34. The molecule has 0 atom stereocenters. The number of carbonyl (C=O) groups is 1. The molecule has 0 saturated heterocycles. The molecule has 0 saturated carbocycles. The van der Waals surface area contributed by atoms with Crippen LogP contribution in [0.4, 0.5) is 17.6 Å². The van der Waals surface area contributed by atoms with Gasteiger partial charge in [0.05, 0.1) is 5.56 Å². The van der Waals surface area contributed by atoms with Crippen molar-refractivity contribution in [3.05, 3.63) is 42.5 Å². The van der Waals surface area contributed by atoms with Crippen LogP contribution in [0.1, 0.15) is 23.2 Å². The number of para-hydroxylation sites is 1. The van der Waals surface area contributed by atoms with Crippen molar-refractivity contribution in [3.8, 4) is 5.75 Å². The molecule has 0 heterocycles. The topological polar surface area (TPSA) is 26.3 Å². The first kappa shape index (κ1) is 15.2. The van der Waals surface area contributed by atoms with Crippen LogP contribution in [0.15, 0.2) is 36.9 Å². The zero-order chi connectivity index (χ0) is 14.5. The van der Waals surface area contributed by atoms with Gasteiger partial charge in [-0.25, -0.2) is 0 Å². The van der Waals surface area contributed by atoms with Gasteiger partial charge >= 0.3 is 12.5 Å². The summed E-state index contributed by atoms with van der Waals surface area (Å²) in [5.41, 5.74) is -0.148. The molecule has 1 aromatic rings. The molecule has 0 fully saturated rings. The van der Waals surface area contributed by atoms with Gasteiger partial charge in [0, 0.05) is 6.42 Å². The third kappa shape index (κ3) is 4.08. The first-order valence-electron chi connectivity index (χ1n) is 5.46. The van der Waals surface area contributed by atoms with E-state index in [-0.39, 0.29) is 12.0 Å². The van der Waals surface area contributed by atoms with Crippen LogP contribution in [-0.4, -0.2) is 18.3 Å². The molecule has 0 N–H and O–H groups in total. The standard InChI is InChI=1S/C13H12F4O2/c1-2-3-7-10(18)9-6-4-5-8-11(9)19-13(16,17)12(14)15/h2,4-6,8,12H,1,3,7H2. The summed E-state index contributed by atoms with van der Waals surface area (Å²) >= 11 is 0. The highest BCUT2D eigenvalue weighted by molar-refractivity contribution is 5.98. The first-order valence-corrected chi connectivity index (χ1v) is 5.46. The van der Waals surface area contributed by atoms with E-state index in [0.29, 0.717) is 6.42 Å². The van der Waals surface area contributed by atoms with E-state index in [1.54, 1.807) is 0 Å².